The summed E-state index contributed by atoms with van der Waals surface area (Å²) in [6, 6.07) is 0. The number of rotatable bonds is 9. The van der Waals surface area contributed by atoms with E-state index in [1.165, 1.54) is 18.2 Å². The molecule has 6 saturated heterocycles. The number of allylic oxidation sites excluding steroid dienone is 2. The van der Waals surface area contributed by atoms with Crippen LogP contribution in [0.15, 0.2) is 60.8 Å². The van der Waals surface area contributed by atoms with E-state index >= 15 is 0 Å². The van der Waals surface area contributed by atoms with Crippen LogP contribution in [0.25, 0.3) is 0 Å². The van der Waals surface area contributed by atoms with Gasteiger partial charge in [0.2, 0.25) is 0 Å². The van der Waals surface area contributed by atoms with E-state index in [0.717, 1.165) is 35.8 Å². The third-order valence-corrected chi connectivity index (χ3v) is 25.2. The number of hydrogen-bond acceptors (Lipinski definition) is 19. The highest BCUT2D eigenvalue weighted by Crippen LogP contribution is 2.71. The number of carbonyl (C=O) groups excluding carboxylic acids is 5. The van der Waals surface area contributed by atoms with Gasteiger partial charge in [0.1, 0.15) is 39.8 Å². The molecular formula is C70H94O20S3. The van der Waals surface area contributed by atoms with Crippen molar-refractivity contribution >= 4 is 89.0 Å². The van der Waals surface area contributed by atoms with Crippen LogP contribution in [0.1, 0.15) is 130 Å². The number of carbonyl (C=O) groups is 9. The second-order valence-corrected chi connectivity index (χ2v) is 36.6. The first-order valence-electron chi connectivity index (χ1n) is 32.7. The van der Waals surface area contributed by atoms with Gasteiger partial charge in [-0.15, -0.1) is 23.5 Å². The Morgan fingerprint density at radius 1 is 0.376 bits per heavy atom. The Morgan fingerprint density at radius 2 is 0.753 bits per heavy atom. The highest BCUT2D eigenvalue weighted by atomic mass is 32.2. The topological polar surface area (TPSA) is 299 Å². The van der Waals surface area contributed by atoms with Crippen LogP contribution in [0.5, 0.6) is 0 Å². The van der Waals surface area contributed by atoms with E-state index in [1.54, 1.807) is 86.2 Å². The van der Waals surface area contributed by atoms with Crippen molar-refractivity contribution in [3.63, 3.8) is 0 Å². The van der Waals surface area contributed by atoms with Crippen molar-refractivity contribution in [2.24, 2.45) is 100 Å². The molecule has 0 radical (unpaired) electrons. The van der Waals surface area contributed by atoms with E-state index in [4.69, 9.17) is 38.3 Å². The molecule has 14 bridgehead atoms. The number of esters is 5. The predicted molar refractivity (Wildman–Crippen MR) is 346 cm³/mol. The van der Waals surface area contributed by atoms with E-state index in [0.29, 0.717) is 11.2 Å². The van der Waals surface area contributed by atoms with Gasteiger partial charge < -0.3 is 53.6 Å². The molecule has 0 aromatic carbocycles. The molecule has 4 aliphatic carbocycles. The highest BCUT2D eigenvalue weighted by Gasteiger charge is 2.71. The summed E-state index contributed by atoms with van der Waals surface area (Å²) in [6.07, 6.45) is 22.2. The van der Waals surface area contributed by atoms with Crippen LogP contribution in [0, 0.1) is 100 Å². The first-order valence-corrected chi connectivity index (χ1v) is 35.5. The fourth-order valence-electron chi connectivity index (χ4n) is 17.2. The lowest BCUT2D eigenvalue weighted by Gasteiger charge is -2.42. The average Bonchev–Trinajstić information content (AvgIpc) is 1.54. The molecule has 27 unspecified atom stereocenters. The van der Waals surface area contributed by atoms with Crippen molar-refractivity contribution in [1.82, 2.24) is 0 Å². The van der Waals surface area contributed by atoms with Gasteiger partial charge in [-0.2, -0.15) is 11.8 Å². The van der Waals surface area contributed by atoms with Crippen LogP contribution in [0.4, 0.5) is 0 Å². The minimum atomic E-state index is -1.02. The first kappa shape index (κ1) is 70.7. The number of carboxylic acid groups (broad SMARTS) is 4. The van der Waals surface area contributed by atoms with Crippen molar-refractivity contribution in [1.29, 1.82) is 0 Å². The Kier molecular flexibility index (Phi) is 19.3. The number of fused-ring (bicyclic) bond motifs is 24. The van der Waals surface area contributed by atoms with Crippen LogP contribution in [-0.2, 0) is 76.3 Å². The highest BCUT2D eigenvalue weighted by molar-refractivity contribution is 8.01. The molecule has 512 valence electrons. The molecule has 0 spiro atoms. The van der Waals surface area contributed by atoms with E-state index in [9.17, 15) is 58.5 Å². The molecule has 4 N–H and O–H groups in total. The van der Waals surface area contributed by atoms with E-state index in [1.807, 2.05) is 65.8 Å². The maximum atomic E-state index is 12.7. The summed E-state index contributed by atoms with van der Waals surface area (Å²) in [5.41, 5.74) is -2.96. The lowest BCUT2D eigenvalue weighted by atomic mass is 9.63. The van der Waals surface area contributed by atoms with Crippen molar-refractivity contribution in [3.8, 4) is 0 Å². The maximum Gasteiger partial charge on any atom is 0.313 e. The molecule has 3 saturated carbocycles. The summed E-state index contributed by atoms with van der Waals surface area (Å²) in [7, 11) is 0. The van der Waals surface area contributed by atoms with Crippen LogP contribution >= 0.6 is 35.3 Å². The van der Waals surface area contributed by atoms with Crippen LogP contribution < -0.4 is 0 Å². The number of aliphatic carboxylic acids is 4. The predicted octanol–water partition coefficient (Wildman–Crippen LogP) is 9.90. The third-order valence-electron chi connectivity index (χ3n) is 20.2. The Labute approximate surface area is 557 Å². The molecule has 23 heteroatoms. The molecule has 0 aromatic rings. The maximum absolute atomic E-state index is 12.7. The number of thioether (sulfide) groups is 3. The smallest absolute Gasteiger partial charge is 0.313 e. The molecule has 14 aliphatic rings. The number of ether oxygens (including phenoxy) is 7. The largest absolute Gasteiger partial charge is 0.481 e. The zero-order chi connectivity index (χ0) is 68.5. The van der Waals surface area contributed by atoms with Crippen molar-refractivity contribution < 1.29 is 96.7 Å². The van der Waals surface area contributed by atoms with Crippen LogP contribution in [0.3, 0.4) is 0 Å². The lowest BCUT2D eigenvalue weighted by Crippen LogP contribution is -2.50. The van der Waals surface area contributed by atoms with Gasteiger partial charge in [0.05, 0.1) is 65.3 Å². The molecule has 9 fully saturated rings. The molecule has 93 heavy (non-hydrogen) atoms. The van der Waals surface area contributed by atoms with Gasteiger partial charge in [-0.3, -0.25) is 43.2 Å². The Bertz CT molecular complexity index is 2980. The van der Waals surface area contributed by atoms with Gasteiger partial charge in [-0.05, 0) is 166 Å². The van der Waals surface area contributed by atoms with Gasteiger partial charge in [0.25, 0.3) is 0 Å². The Balaban J connectivity index is 0.000000128. The van der Waals surface area contributed by atoms with Crippen LogP contribution in [0.2, 0.25) is 0 Å². The van der Waals surface area contributed by atoms with E-state index in [2.05, 4.69) is 43.0 Å². The molecule has 0 aromatic heterocycles. The Morgan fingerprint density at radius 3 is 1.24 bits per heavy atom. The second kappa shape index (κ2) is 25.4. The Hall–Kier alpha value is -5.10. The van der Waals surface area contributed by atoms with Gasteiger partial charge >= 0.3 is 53.7 Å². The van der Waals surface area contributed by atoms with Crippen molar-refractivity contribution in [2.75, 3.05) is 0 Å². The lowest BCUT2D eigenvalue weighted by molar-refractivity contribution is -0.172. The second-order valence-electron chi connectivity index (χ2n) is 32.5. The van der Waals surface area contributed by atoms with E-state index < -0.39 is 118 Å². The van der Waals surface area contributed by atoms with Gasteiger partial charge in [0.15, 0.2) is 0 Å². The summed E-state index contributed by atoms with van der Waals surface area (Å²) < 4.78 is 38.4. The van der Waals surface area contributed by atoms with Gasteiger partial charge in [-0.25, -0.2) is 0 Å². The molecule has 14 rings (SSSR count). The number of carboxylic acids is 4. The average molecular weight is 1350 g/mol. The summed E-state index contributed by atoms with van der Waals surface area (Å²) in [5, 5.41) is 38.4. The zero-order valence-electron chi connectivity index (χ0n) is 56.0. The minimum absolute atomic E-state index is 0.00461. The number of hydrogen-bond donors (Lipinski definition) is 4. The molecule has 10 heterocycles. The minimum Gasteiger partial charge on any atom is -0.481 e. The summed E-state index contributed by atoms with van der Waals surface area (Å²) >= 11 is 5.34. The quantitative estimate of drug-likeness (QED) is 0.0948. The molecule has 10 aliphatic heterocycles. The standard InChI is InChI=1S/C17H24O2S.C16H20O5S.C13H18O4.C12H16O5.C12H16O4S/c1-16(2,3)19-15(18)17(4)8-9-7-10(17)14-12-6-5-11(20-12)13(9)14;1-16(2,3)21-15(19)11-10(14(17)18)12-8-6-4-5-7(20-6)9(8)13(11)22-12;1-13(2,3)17-12(16)10-8-5-4-7(6-8)9(10)11(14)15;1-12(2,3)17-11(15)9-7-5-4-6(16-7)8(9)10(13)14;1-12(2,3)16-11(15)9-7-5-4-6(17-7)8(9)10(13)14/h5-6,9-14H,7-8H2,1-4H3;4-13H,1-3H3,(H,17,18);4-5,7-10H,6H2,1-3H3,(H,14,15);2*4-9H,1-3H3,(H,13,14). The fraction of sp³-hybridized carbons (Fsp3) is 0.729. The van der Waals surface area contributed by atoms with Gasteiger partial charge in [0, 0.05) is 43.3 Å². The SMILES string of the molecule is CC(C)(C)OC(=O)C1(C)CC2CC1C1C3C=CC(S3)C21.CC(C)(C)OC(=O)C1C2C=CC(C2)C1C(=O)O.CC(C)(C)OC(=O)C1C2C=CC(O2)C1C(=O)O.CC(C)(C)OC(=O)C1C2C=CC(S2)C1C(=O)O.CC(C)(C)OC(=O)C1C2SC(C1C(=O)O)C1C3C=CC(O3)C21. The van der Waals surface area contributed by atoms with Gasteiger partial charge in [-0.1, -0.05) is 60.8 Å². The summed E-state index contributed by atoms with van der Waals surface area (Å²) in [6.45, 7) is 29.5. The summed E-state index contributed by atoms with van der Waals surface area (Å²) in [5.74, 6) is -7.05. The molecule has 0 amide bonds. The molecular weight excluding hydrogens is 1260 g/mol. The zero-order valence-corrected chi connectivity index (χ0v) is 58.4. The third kappa shape index (κ3) is 14.2. The summed E-state index contributed by atoms with van der Waals surface area (Å²) in [4.78, 5) is 107. The normalized spacial score (nSPS) is 41.6. The van der Waals surface area contributed by atoms with Crippen LogP contribution in [-0.4, -0.2) is 158 Å². The van der Waals surface area contributed by atoms with E-state index in [-0.39, 0.29) is 85.8 Å². The molecule has 20 nitrogen and oxygen atoms in total. The van der Waals surface area contributed by atoms with Crippen molar-refractivity contribution in [3.05, 3.63) is 60.8 Å². The molecule has 27 atom stereocenters. The first-order chi connectivity index (χ1) is 43.0. The fourth-order valence-corrected chi connectivity index (χ4v) is 23.0. The monoisotopic (exact) mass is 1350 g/mol. The van der Waals surface area contributed by atoms with Crippen molar-refractivity contribution in [2.45, 2.75) is 214 Å².